The maximum Gasteiger partial charge on any atom is 0.282 e. The van der Waals surface area contributed by atoms with E-state index < -0.39 is 11.6 Å². The minimum Gasteiger partial charge on any atom is -0.493 e. The fourth-order valence-electron chi connectivity index (χ4n) is 2.99. The molecule has 0 aliphatic rings. The SMILES string of the molecule is Cc1ccc(N=Nc2c(C)c(C#N)c(O)n(C(C)c3ccccc3)c2=O)cc1. The van der Waals surface area contributed by atoms with E-state index in [2.05, 4.69) is 10.2 Å². The van der Waals surface area contributed by atoms with Crippen LogP contribution in [0.5, 0.6) is 5.88 Å². The third-order valence-corrected chi connectivity index (χ3v) is 4.68. The van der Waals surface area contributed by atoms with Crippen LogP contribution in [0, 0.1) is 25.2 Å². The van der Waals surface area contributed by atoms with Crippen molar-refractivity contribution in [1.82, 2.24) is 4.57 Å². The van der Waals surface area contributed by atoms with Crippen molar-refractivity contribution in [2.24, 2.45) is 10.2 Å². The van der Waals surface area contributed by atoms with Gasteiger partial charge in [0, 0.05) is 5.56 Å². The van der Waals surface area contributed by atoms with Gasteiger partial charge in [0.25, 0.3) is 5.56 Å². The number of aromatic hydroxyl groups is 1. The summed E-state index contributed by atoms with van der Waals surface area (Å²) in [6, 6.07) is 18.2. The summed E-state index contributed by atoms with van der Waals surface area (Å²) in [5.41, 5.74) is 2.37. The minimum absolute atomic E-state index is 0.0141. The molecule has 1 heterocycles. The van der Waals surface area contributed by atoms with Crippen LogP contribution < -0.4 is 5.56 Å². The molecule has 1 aromatic heterocycles. The minimum atomic E-state index is -0.499. The van der Waals surface area contributed by atoms with Gasteiger partial charge in [-0.1, -0.05) is 48.0 Å². The van der Waals surface area contributed by atoms with Crippen molar-refractivity contribution in [3.05, 3.63) is 87.2 Å². The van der Waals surface area contributed by atoms with E-state index in [1.54, 1.807) is 26.0 Å². The Balaban J connectivity index is 2.17. The van der Waals surface area contributed by atoms with Crippen LogP contribution in [0.4, 0.5) is 11.4 Å². The molecular weight excluding hydrogens is 352 g/mol. The molecule has 0 radical (unpaired) electrons. The molecular formula is C22H20N4O2. The molecule has 140 valence electrons. The molecule has 1 N–H and O–H groups in total. The lowest BCUT2D eigenvalue weighted by molar-refractivity contribution is 0.393. The summed E-state index contributed by atoms with van der Waals surface area (Å²) in [5, 5.41) is 28.4. The predicted octanol–water partition coefficient (Wildman–Crippen LogP) is 5.07. The quantitative estimate of drug-likeness (QED) is 0.648. The number of azo groups is 1. The molecule has 1 atom stereocenters. The summed E-state index contributed by atoms with van der Waals surface area (Å²) in [5.74, 6) is -0.365. The average molecular weight is 372 g/mol. The second-order valence-corrected chi connectivity index (χ2v) is 6.58. The first-order valence-electron chi connectivity index (χ1n) is 8.85. The first-order valence-corrected chi connectivity index (χ1v) is 8.85. The first-order chi connectivity index (χ1) is 13.4. The highest BCUT2D eigenvalue weighted by Gasteiger charge is 2.23. The van der Waals surface area contributed by atoms with Gasteiger partial charge in [0.2, 0.25) is 5.88 Å². The second-order valence-electron chi connectivity index (χ2n) is 6.58. The number of aromatic nitrogens is 1. The van der Waals surface area contributed by atoms with Gasteiger partial charge >= 0.3 is 0 Å². The number of pyridine rings is 1. The van der Waals surface area contributed by atoms with Gasteiger partial charge in [0.05, 0.1) is 11.7 Å². The number of hydrogen-bond donors (Lipinski definition) is 1. The third-order valence-electron chi connectivity index (χ3n) is 4.68. The Labute approximate surface area is 163 Å². The molecule has 0 saturated carbocycles. The van der Waals surface area contributed by atoms with Gasteiger partial charge in [-0.05, 0) is 38.5 Å². The van der Waals surface area contributed by atoms with Gasteiger partial charge in [-0.2, -0.15) is 10.4 Å². The normalized spacial score (nSPS) is 12.1. The van der Waals surface area contributed by atoms with E-state index >= 15 is 0 Å². The molecule has 0 fully saturated rings. The monoisotopic (exact) mass is 372 g/mol. The molecule has 28 heavy (non-hydrogen) atoms. The van der Waals surface area contributed by atoms with E-state index in [1.165, 1.54) is 4.57 Å². The number of benzene rings is 2. The maximum absolute atomic E-state index is 13.1. The predicted molar refractivity (Wildman–Crippen MR) is 107 cm³/mol. The van der Waals surface area contributed by atoms with Crippen LogP contribution in [0.1, 0.15) is 35.2 Å². The standard InChI is InChI=1S/C22H20N4O2/c1-14-9-11-18(12-10-14)24-25-20-15(2)19(13-23)21(27)26(22(20)28)16(3)17-7-5-4-6-8-17/h4-12,16,27H,1-3H3. The summed E-state index contributed by atoms with van der Waals surface area (Å²) in [7, 11) is 0. The van der Waals surface area contributed by atoms with Crippen LogP contribution in [0.25, 0.3) is 0 Å². The maximum atomic E-state index is 13.1. The second kappa shape index (κ2) is 7.89. The van der Waals surface area contributed by atoms with E-state index in [0.29, 0.717) is 11.3 Å². The van der Waals surface area contributed by atoms with Gasteiger partial charge in [-0.3, -0.25) is 9.36 Å². The molecule has 0 saturated heterocycles. The van der Waals surface area contributed by atoms with Gasteiger partial charge in [-0.25, -0.2) is 0 Å². The zero-order chi connectivity index (χ0) is 20.3. The molecule has 0 aliphatic heterocycles. The Morgan fingerprint density at radius 2 is 1.68 bits per heavy atom. The van der Waals surface area contributed by atoms with Crippen molar-refractivity contribution in [2.45, 2.75) is 26.8 Å². The smallest absolute Gasteiger partial charge is 0.282 e. The van der Waals surface area contributed by atoms with Crippen LogP contribution >= 0.6 is 0 Å². The Morgan fingerprint density at radius 1 is 1.04 bits per heavy atom. The topological polar surface area (TPSA) is 90.7 Å². The third kappa shape index (κ3) is 3.55. The van der Waals surface area contributed by atoms with E-state index in [1.807, 2.05) is 55.5 Å². The number of aryl methyl sites for hydroxylation is 1. The summed E-state index contributed by atoms with van der Waals surface area (Å²) >= 11 is 0. The molecule has 0 aliphatic carbocycles. The number of nitriles is 1. The molecule has 0 amide bonds. The van der Waals surface area contributed by atoms with Gasteiger partial charge in [0.1, 0.15) is 11.6 Å². The number of hydrogen-bond acceptors (Lipinski definition) is 5. The molecule has 3 aromatic rings. The largest absolute Gasteiger partial charge is 0.493 e. The highest BCUT2D eigenvalue weighted by atomic mass is 16.3. The van der Waals surface area contributed by atoms with Crippen molar-refractivity contribution >= 4 is 11.4 Å². The van der Waals surface area contributed by atoms with Crippen molar-refractivity contribution in [3.8, 4) is 11.9 Å². The Hall–Kier alpha value is -3.72. The summed E-state index contributed by atoms with van der Waals surface area (Å²) < 4.78 is 1.18. The summed E-state index contributed by atoms with van der Waals surface area (Å²) in [6.07, 6.45) is 0. The van der Waals surface area contributed by atoms with Gasteiger partial charge in [0.15, 0.2) is 5.69 Å². The lowest BCUT2D eigenvalue weighted by Crippen LogP contribution is -2.25. The van der Waals surface area contributed by atoms with E-state index in [9.17, 15) is 15.2 Å². The van der Waals surface area contributed by atoms with Crippen molar-refractivity contribution in [3.63, 3.8) is 0 Å². The zero-order valence-corrected chi connectivity index (χ0v) is 15.9. The fraction of sp³-hybridized carbons (Fsp3) is 0.182. The highest BCUT2D eigenvalue weighted by molar-refractivity contribution is 5.57. The number of nitrogens with zero attached hydrogens (tertiary/aromatic N) is 4. The van der Waals surface area contributed by atoms with Gasteiger partial charge in [-0.15, -0.1) is 5.11 Å². The Morgan fingerprint density at radius 3 is 2.29 bits per heavy atom. The van der Waals surface area contributed by atoms with Crippen molar-refractivity contribution < 1.29 is 5.11 Å². The molecule has 6 heteroatoms. The fourth-order valence-corrected chi connectivity index (χ4v) is 2.99. The average Bonchev–Trinajstić information content (AvgIpc) is 2.70. The van der Waals surface area contributed by atoms with Crippen molar-refractivity contribution in [2.75, 3.05) is 0 Å². The summed E-state index contributed by atoms with van der Waals surface area (Å²) in [6.45, 7) is 5.34. The molecule has 2 aromatic carbocycles. The highest BCUT2D eigenvalue weighted by Crippen LogP contribution is 2.30. The van der Waals surface area contributed by atoms with Gasteiger partial charge < -0.3 is 5.11 Å². The Kier molecular flexibility index (Phi) is 5.37. The van der Waals surface area contributed by atoms with Crippen LogP contribution in [0.2, 0.25) is 0 Å². The lowest BCUT2D eigenvalue weighted by Gasteiger charge is -2.19. The van der Waals surface area contributed by atoms with Crippen LogP contribution in [0.3, 0.4) is 0 Å². The van der Waals surface area contributed by atoms with Crippen LogP contribution in [0.15, 0.2) is 69.6 Å². The molecule has 0 spiro atoms. The van der Waals surface area contributed by atoms with E-state index in [-0.39, 0.29) is 17.1 Å². The van der Waals surface area contributed by atoms with E-state index in [4.69, 9.17) is 0 Å². The number of rotatable bonds is 4. The summed E-state index contributed by atoms with van der Waals surface area (Å²) in [4.78, 5) is 13.1. The molecule has 6 nitrogen and oxygen atoms in total. The molecule has 1 unspecified atom stereocenters. The molecule has 3 rings (SSSR count). The lowest BCUT2D eigenvalue weighted by atomic mass is 10.1. The van der Waals surface area contributed by atoms with Crippen LogP contribution in [-0.4, -0.2) is 9.67 Å². The first kappa shape index (κ1) is 19.1. The zero-order valence-electron chi connectivity index (χ0n) is 15.9. The van der Waals surface area contributed by atoms with Crippen LogP contribution in [-0.2, 0) is 0 Å². The van der Waals surface area contributed by atoms with E-state index in [0.717, 1.165) is 11.1 Å². The Bertz CT molecular complexity index is 1120. The molecule has 0 bridgehead atoms. The van der Waals surface area contributed by atoms with Crippen molar-refractivity contribution in [1.29, 1.82) is 5.26 Å².